The Labute approximate surface area is 414 Å². The molecule has 1 saturated carbocycles. The zero-order valence-corrected chi connectivity index (χ0v) is 41.6. The van der Waals surface area contributed by atoms with Crippen molar-refractivity contribution in [1.29, 1.82) is 0 Å². The zero-order chi connectivity index (χ0) is 47.6. The smallest absolute Gasteiger partial charge is 0.0541 e. The highest BCUT2D eigenvalue weighted by Crippen LogP contribution is 2.61. The molecule has 3 heterocycles. The molecule has 4 aliphatic rings. The Hall–Kier alpha value is -7.10. The van der Waals surface area contributed by atoms with E-state index in [1.54, 1.807) is 0 Å². The summed E-state index contributed by atoms with van der Waals surface area (Å²) in [5, 5.41) is 5.39. The number of nitrogens with zero attached hydrogens (tertiary/aromatic N) is 3. The van der Waals surface area contributed by atoms with E-state index in [0.717, 1.165) is 38.8 Å². The molecule has 1 fully saturated rings. The summed E-state index contributed by atoms with van der Waals surface area (Å²) in [6, 6.07) is 62.5. The van der Waals surface area contributed by atoms with Crippen LogP contribution in [0, 0.1) is 11.3 Å². The number of hydrogen-bond acceptors (Lipinski definition) is 1. The molecule has 0 saturated heterocycles. The molecule has 13 rings (SSSR count). The predicted molar refractivity (Wildman–Crippen MR) is 298 cm³/mol. The molecule has 0 spiro atoms. The van der Waals surface area contributed by atoms with Gasteiger partial charge in [0.2, 0.25) is 0 Å². The highest BCUT2D eigenvalue weighted by Gasteiger charge is 2.52. The Morgan fingerprint density at radius 3 is 2.03 bits per heavy atom. The molecule has 3 nitrogen and oxygen atoms in total. The molecule has 70 heavy (non-hydrogen) atoms. The number of benzene rings is 7. The SMILES string of the molecule is CC.CCN1C2=CC=C(C(Cc3ccccc3)c3ccc4c(c3)c3cc(C(Cc5ccc6c(c5)c5ccccc5n6CC)CC56C=CC=CC5C6)ccc3n4-c3ccccc3)CC2(C)c2ccccc21. The lowest BCUT2D eigenvalue weighted by molar-refractivity contribution is 0.470. The van der Waals surface area contributed by atoms with Gasteiger partial charge in [0.05, 0.1) is 11.0 Å². The Morgan fingerprint density at radius 1 is 0.586 bits per heavy atom. The predicted octanol–water partition coefficient (Wildman–Crippen LogP) is 17.1. The quantitative estimate of drug-likeness (QED) is 0.119. The van der Waals surface area contributed by atoms with Crippen molar-refractivity contribution < 1.29 is 0 Å². The van der Waals surface area contributed by atoms with E-state index in [-0.39, 0.29) is 16.7 Å². The average molecular weight is 912 g/mol. The fourth-order valence-electron chi connectivity index (χ4n) is 13.3. The molecule has 0 radical (unpaired) electrons. The van der Waals surface area contributed by atoms with E-state index in [1.807, 2.05) is 13.8 Å². The molecule has 5 unspecified atom stereocenters. The van der Waals surface area contributed by atoms with Crippen LogP contribution in [0.2, 0.25) is 0 Å². The monoisotopic (exact) mass is 912 g/mol. The van der Waals surface area contributed by atoms with Gasteiger partial charge in [-0.2, -0.15) is 0 Å². The molecule has 1 aliphatic heterocycles. The minimum atomic E-state index is -0.0794. The van der Waals surface area contributed by atoms with Crippen molar-refractivity contribution in [3.63, 3.8) is 0 Å². The highest BCUT2D eigenvalue weighted by molar-refractivity contribution is 6.10. The van der Waals surface area contributed by atoms with Gasteiger partial charge < -0.3 is 14.0 Å². The van der Waals surface area contributed by atoms with Crippen LogP contribution in [-0.2, 0) is 24.8 Å². The normalized spacial score (nSPS) is 20.7. The van der Waals surface area contributed by atoms with Crippen molar-refractivity contribution in [3.8, 4) is 5.69 Å². The minimum absolute atomic E-state index is 0.0794. The van der Waals surface area contributed by atoms with E-state index >= 15 is 0 Å². The fraction of sp³-hybridized carbons (Fsp3) is 0.254. The Bertz CT molecular complexity index is 3560. The second-order valence-electron chi connectivity index (χ2n) is 20.5. The van der Waals surface area contributed by atoms with Crippen LogP contribution in [0.25, 0.3) is 49.3 Å². The molecule has 9 aromatic rings. The number of aryl methyl sites for hydroxylation is 1. The maximum absolute atomic E-state index is 2.60. The van der Waals surface area contributed by atoms with E-state index < -0.39 is 0 Å². The Kier molecular flexibility index (Phi) is 11.2. The molecule has 3 heteroatoms. The van der Waals surface area contributed by atoms with Crippen LogP contribution in [0.3, 0.4) is 0 Å². The number of para-hydroxylation sites is 3. The maximum atomic E-state index is 2.60. The fourth-order valence-corrected chi connectivity index (χ4v) is 13.3. The van der Waals surface area contributed by atoms with Gasteiger partial charge in [-0.25, -0.2) is 0 Å². The molecule has 0 bridgehead atoms. The first-order chi connectivity index (χ1) is 34.4. The summed E-state index contributed by atoms with van der Waals surface area (Å²) in [5.74, 6) is 1.21. The first-order valence-corrected chi connectivity index (χ1v) is 26.2. The highest BCUT2D eigenvalue weighted by atomic mass is 15.2. The number of hydrogen-bond donors (Lipinski definition) is 0. The number of fused-ring (bicyclic) bond motifs is 10. The zero-order valence-electron chi connectivity index (χ0n) is 41.6. The molecular formula is C67H65N3. The maximum Gasteiger partial charge on any atom is 0.0541 e. The van der Waals surface area contributed by atoms with Crippen molar-refractivity contribution in [2.24, 2.45) is 11.3 Å². The number of likely N-dealkylation sites (N-methyl/N-ethyl adjacent to an activating group) is 1. The number of allylic oxidation sites excluding steroid dienone is 8. The number of aromatic nitrogens is 2. The molecule has 348 valence electrons. The number of anilines is 1. The largest absolute Gasteiger partial charge is 0.344 e. The van der Waals surface area contributed by atoms with Crippen LogP contribution in [-0.4, -0.2) is 15.7 Å². The van der Waals surface area contributed by atoms with Crippen LogP contribution in [0.15, 0.2) is 212 Å². The Morgan fingerprint density at radius 2 is 1.26 bits per heavy atom. The molecule has 5 atom stereocenters. The van der Waals surface area contributed by atoms with Gasteiger partial charge in [0, 0.05) is 74.1 Å². The van der Waals surface area contributed by atoms with Gasteiger partial charge in [-0.1, -0.05) is 153 Å². The van der Waals surface area contributed by atoms with Crippen LogP contribution < -0.4 is 4.90 Å². The van der Waals surface area contributed by atoms with E-state index in [4.69, 9.17) is 0 Å². The third-order valence-electron chi connectivity index (χ3n) is 16.7. The summed E-state index contributed by atoms with van der Waals surface area (Å²) in [5.41, 5.74) is 17.9. The van der Waals surface area contributed by atoms with Crippen molar-refractivity contribution >= 4 is 49.3 Å². The van der Waals surface area contributed by atoms with Crippen LogP contribution >= 0.6 is 0 Å². The molecule has 2 aromatic heterocycles. The van der Waals surface area contributed by atoms with Crippen LogP contribution in [0.1, 0.15) is 93.5 Å². The minimum Gasteiger partial charge on any atom is -0.344 e. The van der Waals surface area contributed by atoms with E-state index in [1.165, 1.54) is 100 Å². The lowest BCUT2D eigenvalue weighted by Gasteiger charge is -2.36. The third kappa shape index (κ3) is 7.23. The summed E-state index contributed by atoms with van der Waals surface area (Å²) < 4.78 is 4.98. The van der Waals surface area contributed by atoms with Gasteiger partial charge in [-0.15, -0.1) is 0 Å². The molecule has 3 aliphatic carbocycles. The van der Waals surface area contributed by atoms with Crippen LogP contribution in [0.5, 0.6) is 0 Å². The molecule has 7 aromatic carbocycles. The summed E-state index contributed by atoms with van der Waals surface area (Å²) in [6.07, 6.45) is 19.8. The molecule has 0 amide bonds. The third-order valence-corrected chi connectivity index (χ3v) is 16.7. The van der Waals surface area contributed by atoms with Gasteiger partial charge in [0.25, 0.3) is 0 Å². The standard InChI is InChI=1S/C65H59N3.C2H6/c1-4-66-58-25-14-12-23-52(58)54-38-45(27-31-59(54)66)36-49(42-65-35-17-16-20-50(65)43-65)46-28-32-60-55(39-46)56-40-47(29-33-61(56)68(60)51-21-10-7-11-22-51)53(37-44-18-8-6-9-19-44)48-30-34-63-64(3,41-48)57-24-13-15-26-62(57)67(63)5-2;1-2/h6-35,38-40,49-50,53H,4-5,36-37,41-43H2,1-3H3;1-2H3. The molecule has 0 N–H and O–H groups in total. The van der Waals surface area contributed by atoms with Crippen LogP contribution in [0.4, 0.5) is 5.69 Å². The number of rotatable bonds is 12. The first kappa shape index (κ1) is 44.1. The van der Waals surface area contributed by atoms with Crippen molar-refractivity contribution in [2.75, 3.05) is 11.4 Å². The Balaban J connectivity index is 0.00000249. The van der Waals surface area contributed by atoms with Crippen molar-refractivity contribution in [3.05, 3.63) is 239 Å². The van der Waals surface area contributed by atoms with Gasteiger partial charge >= 0.3 is 0 Å². The summed E-state index contributed by atoms with van der Waals surface area (Å²) in [4.78, 5) is 2.54. The second-order valence-corrected chi connectivity index (χ2v) is 20.5. The van der Waals surface area contributed by atoms with Crippen molar-refractivity contribution in [2.45, 2.75) is 90.5 Å². The lowest BCUT2D eigenvalue weighted by Crippen LogP contribution is -2.31. The van der Waals surface area contributed by atoms with Gasteiger partial charge in [0.15, 0.2) is 0 Å². The van der Waals surface area contributed by atoms with E-state index in [0.29, 0.717) is 11.8 Å². The van der Waals surface area contributed by atoms with E-state index in [2.05, 4.69) is 235 Å². The summed E-state index contributed by atoms with van der Waals surface area (Å²) >= 11 is 0. The summed E-state index contributed by atoms with van der Waals surface area (Å²) in [7, 11) is 0. The van der Waals surface area contributed by atoms with Gasteiger partial charge in [-0.05, 0) is 165 Å². The lowest BCUT2D eigenvalue weighted by atomic mass is 9.69. The average Bonchev–Trinajstić information content (AvgIpc) is 3.81. The second kappa shape index (κ2) is 17.7. The first-order valence-electron chi connectivity index (χ1n) is 26.2. The summed E-state index contributed by atoms with van der Waals surface area (Å²) in [6.45, 7) is 13.0. The van der Waals surface area contributed by atoms with Crippen molar-refractivity contribution in [1.82, 2.24) is 9.13 Å². The molecular weight excluding hydrogens is 847 g/mol. The van der Waals surface area contributed by atoms with Gasteiger partial charge in [-0.3, -0.25) is 0 Å². The van der Waals surface area contributed by atoms with E-state index in [9.17, 15) is 0 Å². The van der Waals surface area contributed by atoms with Gasteiger partial charge in [0.1, 0.15) is 0 Å². The topological polar surface area (TPSA) is 13.1 Å².